The number of aliphatic hydroxyl groups excluding tert-OH is 1. The zero-order chi connectivity index (χ0) is 11.4. The fourth-order valence-corrected chi connectivity index (χ4v) is 1.39. The highest BCUT2D eigenvalue weighted by atomic mass is 32.1. The summed E-state index contributed by atoms with van der Waals surface area (Å²) in [4.78, 5) is 16.3. The van der Waals surface area contributed by atoms with E-state index >= 15 is 0 Å². The molecule has 0 radical (unpaired) electrons. The molecule has 0 aliphatic heterocycles. The van der Waals surface area contributed by atoms with Gasteiger partial charge in [0.15, 0.2) is 4.77 Å². The van der Waals surface area contributed by atoms with Crippen LogP contribution < -0.4 is 0 Å². The van der Waals surface area contributed by atoms with Crippen LogP contribution in [0.5, 0.6) is 0 Å². The highest BCUT2D eigenvalue weighted by molar-refractivity contribution is 7.71. The molecule has 0 fully saturated rings. The summed E-state index contributed by atoms with van der Waals surface area (Å²) in [5, 5.41) is 15.7. The molecule has 2 rings (SSSR count). The number of benzene rings is 1. The minimum Gasteiger partial charge on any atom is -0.478 e. The van der Waals surface area contributed by atoms with E-state index in [2.05, 4.69) is 9.97 Å². The average molecular weight is 226 g/mol. The average Bonchev–Trinajstić information content (AvgIpc) is 2.59. The van der Waals surface area contributed by atoms with Crippen LogP contribution in [0.4, 0.5) is 0 Å². The monoisotopic (exact) mass is 226 g/mol. The number of aromatic amines is 2. The Labute approximate surface area is 90.4 Å². The van der Waals surface area contributed by atoms with Gasteiger partial charge in [0.05, 0.1) is 16.6 Å². The molecule has 0 saturated carbocycles. The predicted octanol–water partition coefficient (Wildman–Crippen LogP) is 1.53. The molecule has 6 heteroatoms. The van der Waals surface area contributed by atoms with Crippen LogP contribution in [-0.2, 0) is 0 Å². The lowest BCUT2D eigenvalue weighted by molar-refractivity contribution is 0.0697. The highest BCUT2D eigenvalue weighted by Crippen LogP contribution is 2.11. The van der Waals surface area contributed by atoms with Crippen molar-refractivity contribution in [3.8, 4) is 0 Å². The Balaban J connectivity index is 0.000000531. The lowest BCUT2D eigenvalue weighted by Gasteiger charge is -1.92. The van der Waals surface area contributed by atoms with Crippen LogP contribution in [0.25, 0.3) is 11.0 Å². The number of carbonyl (C=O) groups is 1. The van der Waals surface area contributed by atoms with Crippen LogP contribution in [-0.4, -0.2) is 33.3 Å². The van der Waals surface area contributed by atoms with E-state index in [9.17, 15) is 4.79 Å². The third kappa shape index (κ3) is 2.42. The van der Waals surface area contributed by atoms with Crippen LogP contribution in [0.15, 0.2) is 18.2 Å². The van der Waals surface area contributed by atoms with Crippen molar-refractivity contribution in [3.63, 3.8) is 0 Å². The van der Waals surface area contributed by atoms with Gasteiger partial charge in [0.1, 0.15) is 0 Å². The van der Waals surface area contributed by atoms with Gasteiger partial charge in [0.2, 0.25) is 0 Å². The first-order valence-electron chi connectivity index (χ1n) is 4.07. The number of H-pyrrole nitrogens is 2. The van der Waals surface area contributed by atoms with Crippen LogP contribution in [0.2, 0.25) is 0 Å². The second kappa shape index (κ2) is 4.72. The van der Waals surface area contributed by atoms with Gasteiger partial charge >= 0.3 is 5.97 Å². The molecule has 0 aliphatic rings. The number of hydrogen-bond acceptors (Lipinski definition) is 3. The molecule has 15 heavy (non-hydrogen) atoms. The van der Waals surface area contributed by atoms with Gasteiger partial charge < -0.3 is 20.2 Å². The van der Waals surface area contributed by atoms with E-state index in [1.807, 2.05) is 0 Å². The van der Waals surface area contributed by atoms with Crippen molar-refractivity contribution in [1.82, 2.24) is 9.97 Å². The summed E-state index contributed by atoms with van der Waals surface area (Å²) in [6, 6.07) is 4.76. The topological polar surface area (TPSA) is 89.1 Å². The fourth-order valence-electron chi connectivity index (χ4n) is 1.17. The second-order valence-corrected chi connectivity index (χ2v) is 3.05. The van der Waals surface area contributed by atoms with Gasteiger partial charge in [0.25, 0.3) is 0 Å². The summed E-state index contributed by atoms with van der Waals surface area (Å²) in [5.74, 6) is -0.942. The molecular formula is C9H10N2O3S. The molecule has 1 aromatic heterocycles. The zero-order valence-electron chi connectivity index (χ0n) is 7.94. The van der Waals surface area contributed by atoms with Gasteiger partial charge in [-0.2, -0.15) is 0 Å². The molecule has 0 bridgehead atoms. The number of aromatic carboxylic acids is 1. The van der Waals surface area contributed by atoms with Crippen molar-refractivity contribution in [1.29, 1.82) is 0 Å². The normalized spacial score (nSPS) is 9.47. The standard InChI is InChI=1S/C8H6N2O2S.CH4O/c11-7(12)4-1-2-5-6(3-4)10-8(13)9-5;1-2/h1-3H,(H,11,12)(H2,9,10,13);2H,1H3. The van der Waals surface area contributed by atoms with E-state index in [0.29, 0.717) is 10.3 Å². The van der Waals surface area contributed by atoms with E-state index in [-0.39, 0.29) is 5.56 Å². The first-order valence-corrected chi connectivity index (χ1v) is 4.48. The van der Waals surface area contributed by atoms with E-state index in [4.69, 9.17) is 22.4 Å². The summed E-state index contributed by atoms with van der Waals surface area (Å²) in [5.41, 5.74) is 1.78. The molecule has 0 amide bonds. The molecule has 5 nitrogen and oxygen atoms in total. The third-order valence-corrected chi connectivity index (χ3v) is 1.97. The summed E-state index contributed by atoms with van der Waals surface area (Å²) in [7, 11) is 1.00. The smallest absolute Gasteiger partial charge is 0.335 e. The van der Waals surface area contributed by atoms with Crippen molar-refractivity contribution in [2.24, 2.45) is 0 Å². The molecular weight excluding hydrogens is 216 g/mol. The number of carboxylic acid groups (broad SMARTS) is 1. The molecule has 4 N–H and O–H groups in total. The summed E-state index contributed by atoms with van der Waals surface area (Å²) in [6.07, 6.45) is 0. The van der Waals surface area contributed by atoms with Crippen LogP contribution in [0.3, 0.4) is 0 Å². The summed E-state index contributed by atoms with van der Waals surface area (Å²) in [6.45, 7) is 0. The van der Waals surface area contributed by atoms with E-state index in [0.717, 1.165) is 12.6 Å². The minimum atomic E-state index is -0.942. The van der Waals surface area contributed by atoms with Gasteiger partial charge in [-0.1, -0.05) is 0 Å². The SMILES string of the molecule is CO.O=C(O)c1ccc2[nH]c(=S)[nH]c2c1. The zero-order valence-corrected chi connectivity index (χ0v) is 8.76. The number of imidazole rings is 1. The van der Waals surface area contributed by atoms with E-state index in [1.54, 1.807) is 12.1 Å². The first-order chi connectivity index (χ1) is 7.16. The number of aliphatic hydroxyl groups is 1. The Kier molecular flexibility index (Phi) is 3.59. The quantitative estimate of drug-likeness (QED) is 0.555. The molecule has 0 saturated heterocycles. The summed E-state index contributed by atoms with van der Waals surface area (Å²) < 4.78 is 0.498. The number of hydrogen-bond donors (Lipinski definition) is 4. The number of fused-ring (bicyclic) bond motifs is 1. The largest absolute Gasteiger partial charge is 0.478 e. The number of nitrogens with one attached hydrogen (secondary N) is 2. The third-order valence-electron chi connectivity index (χ3n) is 1.76. The molecule has 0 atom stereocenters. The molecule has 1 heterocycles. The van der Waals surface area contributed by atoms with Crippen molar-refractivity contribution < 1.29 is 15.0 Å². The molecule has 80 valence electrons. The number of rotatable bonds is 1. The van der Waals surface area contributed by atoms with Gasteiger partial charge in [-0.05, 0) is 30.4 Å². The molecule has 2 aromatic rings. The Morgan fingerprint density at radius 3 is 2.47 bits per heavy atom. The van der Waals surface area contributed by atoms with Crippen molar-refractivity contribution in [2.75, 3.05) is 7.11 Å². The summed E-state index contributed by atoms with van der Waals surface area (Å²) >= 11 is 4.86. The maximum atomic E-state index is 10.6. The van der Waals surface area contributed by atoms with Gasteiger partial charge in [0, 0.05) is 7.11 Å². The fraction of sp³-hybridized carbons (Fsp3) is 0.111. The molecule has 0 aliphatic carbocycles. The second-order valence-electron chi connectivity index (χ2n) is 2.64. The minimum absolute atomic E-state index is 0.248. The maximum absolute atomic E-state index is 10.6. The van der Waals surface area contributed by atoms with Gasteiger partial charge in [-0.25, -0.2) is 4.79 Å². The molecule has 1 aromatic carbocycles. The van der Waals surface area contributed by atoms with Crippen molar-refractivity contribution in [3.05, 3.63) is 28.5 Å². The van der Waals surface area contributed by atoms with E-state index in [1.165, 1.54) is 6.07 Å². The highest BCUT2D eigenvalue weighted by Gasteiger charge is 2.03. The molecule has 0 unspecified atom stereocenters. The van der Waals surface area contributed by atoms with E-state index < -0.39 is 5.97 Å². The number of aromatic nitrogens is 2. The lowest BCUT2D eigenvalue weighted by Crippen LogP contribution is -1.94. The van der Waals surface area contributed by atoms with Crippen molar-refractivity contribution in [2.45, 2.75) is 0 Å². The Morgan fingerprint density at radius 1 is 1.27 bits per heavy atom. The van der Waals surface area contributed by atoms with Crippen molar-refractivity contribution >= 4 is 29.2 Å². The maximum Gasteiger partial charge on any atom is 0.335 e. The van der Waals surface area contributed by atoms with Crippen LogP contribution >= 0.6 is 12.2 Å². The number of carboxylic acids is 1. The Morgan fingerprint density at radius 2 is 1.87 bits per heavy atom. The first kappa shape index (κ1) is 11.4. The molecule has 0 spiro atoms. The predicted molar refractivity (Wildman–Crippen MR) is 58.6 cm³/mol. The Bertz CT molecular complexity index is 529. The van der Waals surface area contributed by atoms with Crippen LogP contribution in [0, 0.1) is 4.77 Å². The van der Waals surface area contributed by atoms with Crippen LogP contribution in [0.1, 0.15) is 10.4 Å². The van der Waals surface area contributed by atoms with Gasteiger partial charge in [-0.3, -0.25) is 0 Å². The Hall–Kier alpha value is -1.66. The van der Waals surface area contributed by atoms with Gasteiger partial charge in [-0.15, -0.1) is 0 Å². The lowest BCUT2D eigenvalue weighted by atomic mass is 10.2.